The Balaban J connectivity index is 2.57. The van der Waals surface area contributed by atoms with Crippen molar-refractivity contribution in [1.82, 2.24) is 5.32 Å². The number of anilines is 2. The highest BCUT2D eigenvalue weighted by molar-refractivity contribution is 7.80. The molecule has 0 aliphatic rings. The van der Waals surface area contributed by atoms with Gasteiger partial charge in [0.15, 0.2) is 5.11 Å². The van der Waals surface area contributed by atoms with Crippen molar-refractivity contribution in [3.05, 3.63) is 23.8 Å². The predicted octanol–water partition coefficient (Wildman–Crippen LogP) is 2.44. The molecule has 0 unspecified atom stereocenters. The molecule has 4 N–H and O–H groups in total. The molecule has 0 aliphatic heterocycles. The van der Waals surface area contributed by atoms with Gasteiger partial charge in [-0.25, -0.2) is 0 Å². The molecule has 1 amide bonds. The Hall–Kier alpha value is -1.62. The number of carbonyl (C=O) groups is 1. The molecule has 0 saturated heterocycles. The molecule has 0 bridgehead atoms. The lowest BCUT2D eigenvalue weighted by Gasteiger charge is -2.12. The van der Waals surface area contributed by atoms with Crippen molar-refractivity contribution in [2.75, 3.05) is 11.1 Å². The zero-order valence-corrected chi connectivity index (χ0v) is 11.7. The first kappa shape index (κ1) is 14.4. The Morgan fingerprint density at radius 1 is 1.44 bits per heavy atom. The molecule has 18 heavy (non-hydrogen) atoms. The first-order valence-corrected chi connectivity index (χ1v) is 6.26. The molecule has 1 aromatic carbocycles. The van der Waals surface area contributed by atoms with Gasteiger partial charge in [-0.2, -0.15) is 0 Å². The monoisotopic (exact) mass is 265 g/mol. The largest absolute Gasteiger partial charge is 0.399 e. The average Bonchev–Trinajstić information content (AvgIpc) is 2.20. The molecular weight excluding hydrogens is 246 g/mol. The summed E-state index contributed by atoms with van der Waals surface area (Å²) in [7, 11) is 0. The van der Waals surface area contributed by atoms with Crippen LogP contribution in [0.15, 0.2) is 18.2 Å². The quantitative estimate of drug-likeness (QED) is 0.580. The number of thiocarbonyl (C=S) groups is 1. The van der Waals surface area contributed by atoms with Crippen LogP contribution in [-0.2, 0) is 4.79 Å². The summed E-state index contributed by atoms with van der Waals surface area (Å²) in [6.45, 7) is 5.90. The number of hydrogen-bond acceptors (Lipinski definition) is 3. The minimum absolute atomic E-state index is 0.0735. The third-order valence-corrected chi connectivity index (χ3v) is 2.55. The second kappa shape index (κ2) is 6.35. The van der Waals surface area contributed by atoms with E-state index in [9.17, 15) is 4.79 Å². The number of nitrogens with one attached hydrogen (secondary N) is 2. The zero-order chi connectivity index (χ0) is 13.7. The molecule has 0 saturated carbocycles. The Bertz CT molecular complexity index is 458. The molecule has 0 atom stereocenters. The summed E-state index contributed by atoms with van der Waals surface area (Å²) in [6.07, 6.45) is 0.461. The summed E-state index contributed by atoms with van der Waals surface area (Å²) >= 11 is 5.08. The summed E-state index contributed by atoms with van der Waals surface area (Å²) in [4.78, 5) is 11.5. The topological polar surface area (TPSA) is 67.2 Å². The number of benzene rings is 1. The maximum Gasteiger partial charge on any atom is 0.226 e. The van der Waals surface area contributed by atoms with Crippen molar-refractivity contribution in [1.29, 1.82) is 0 Å². The van der Waals surface area contributed by atoms with E-state index in [-0.39, 0.29) is 5.91 Å². The van der Waals surface area contributed by atoms with Crippen molar-refractivity contribution in [2.45, 2.75) is 27.2 Å². The fourth-order valence-corrected chi connectivity index (χ4v) is 1.75. The van der Waals surface area contributed by atoms with Gasteiger partial charge in [-0.05, 0) is 48.8 Å². The van der Waals surface area contributed by atoms with Gasteiger partial charge >= 0.3 is 0 Å². The molecule has 4 nitrogen and oxygen atoms in total. The summed E-state index contributed by atoms with van der Waals surface area (Å²) in [5, 5.41) is 5.95. The Morgan fingerprint density at radius 2 is 2.11 bits per heavy atom. The Morgan fingerprint density at radius 3 is 2.67 bits per heavy atom. The zero-order valence-electron chi connectivity index (χ0n) is 10.9. The van der Waals surface area contributed by atoms with Crippen molar-refractivity contribution in [2.24, 2.45) is 5.92 Å². The van der Waals surface area contributed by atoms with E-state index in [1.54, 1.807) is 6.07 Å². The standard InChI is InChI=1S/C13H19N3OS/c1-8(2)6-12(17)16-13(18)15-11-5-4-10(14)7-9(11)3/h4-5,7-8H,6,14H2,1-3H3,(H2,15,16,17,18). The van der Waals surface area contributed by atoms with Gasteiger partial charge in [0, 0.05) is 17.8 Å². The van der Waals surface area contributed by atoms with Gasteiger partial charge in [0.05, 0.1) is 0 Å². The highest BCUT2D eigenvalue weighted by Gasteiger charge is 2.08. The predicted molar refractivity (Wildman–Crippen MR) is 79.4 cm³/mol. The van der Waals surface area contributed by atoms with Crippen LogP contribution in [0.2, 0.25) is 0 Å². The molecule has 1 aromatic rings. The summed E-state index contributed by atoms with van der Waals surface area (Å²) in [5.41, 5.74) is 8.19. The molecule has 5 heteroatoms. The lowest BCUT2D eigenvalue weighted by molar-refractivity contribution is -0.120. The van der Waals surface area contributed by atoms with Crippen LogP contribution in [0.3, 0.4) is 0 Å². The Kier molecular flexibility index (Phi) is 5.09. The molecular formula is C13H19N3OS. The number of rotatable bonds is 3. The van der Waals surface area contributed by atoms with E-state index in [0.717, 1.165) is 11.3 Å². The van der Waals surface area contributed by atoms with Gasteiger partial charge in [0.2, 0.25) is 5.91 Å². The van der Waals surface area contributed by atoms with Crippen LogP contribution in [-0.4, -0.2) is 11.0 Å². The maximum atomic E-state index is 11.5. The van der Waals surface area contributed by atoms with E-state index in [1.165, 1.54) is 0 Å². The van der Waals surface area contributed by atoms with Crippen LogP contribution in [0.1, 0.15) is 25.8 Å². The smallest absolute Gasteiger partial charge is 0.226 e. The minimum atomic E-state index is -0.0735. The summed E-state index contributed by atoms with van der Waals surface area (Å²) in [6, 6.07) is 5.47. The molecule has 0 aromatic heterocycles. The van der Waals surface area contributed by atoms with Gasteiger partial charge in [-0.3, -0.25) is 4.79 Å². The van der Waals surface area contributed by atoms with Crippen LogP contribution in [0.4, 0.5) is 11.4 Å². The van der Waals surface area contributed by atoms with E-state index in [0.29, 0.717) is 23.1 Å². The van der Waals surface area contributed by atoms with E-state index in [1.807, 2.05) is 32.9 Å². The molecule has 0 heterocycles. The van der Waals surface area contributed by atoms with Crippen LogP contribution in [0, 0.1) is 12.8 Å². The first-order chi connectivity index (χ1) is 8.38. The molecule has 0 radical (unpaired) electrons. The molecule has 98 valence electrons. The third-order valence-electron chi connectivity index (χ3n) is 2.35. The summed E-state index contributed by atoms with van der Waals surface area (Å²) < 4.78 is 0. The molecule has 1 rings (SSSR count). The molecule has 0 aliphatic carbocycles. The number of aryl methyl sites for hydroxylation is 1. The minimum Gasteiger partial charge on any atom is -0.399 e. The van der Waals surface area contributed by atoms with Crippen LogP contribution >= 0.6 is 12.2 Å². The third kappa shape index (κ3) is 4.71. The number of hydrogen-bond donors (Lipinski definition) is 3. The SMILES string of the molecule is Cc1cc(N)ccc1NC(=S)NC(=O)CC(C)C. The van der Waals surface area contributed by atoms with E-state index in [4.69, 9.17) is 18.0 Å². The number of nitrogen functional groups attached to an aromatic ring is 1. The normalized spacial score (nSPS) is 10.2. The number of carbonyl (C=O) groups excluding carboxylic acids is 1. The fraction of sp³-hybridized carbons (Fsp3) is 0.385. The van der Waals surface area contributed by atoms with E-state index in [2.05, 4.69) is 10.6 Å². The van der Waals surface area contributed by atoms with Crippen molar-refractivity contribution < 1.29 is 4.79 Å². The lowest BCUT2D eigenvalue weighted by atomic mass is 10.1. The highest BCUT2D eigenvalue weighted by Crippen LogP contribution is 2.17. The second-order valence-corrected chi connectivity index (χ2v) is 5.08. The first-order valence-electron chi connectivity index (χ1n) is 5.85. The lowest BCUT2D eigenvalue weighted by Crippen LogP contribution is -2.34. The van der Waals surface area contributed by atoms with Gasteiger partial charge in [0.1, 0.15) is 0 Å². The van der Waals surface area contributed by atoms with Crippen molar-refractivity contribution >= 4 is 34.6 Å². The fourth-order valence-electron chi connectivity index (χ4n) is 1.53. The molecule has 0 fully saturated rings. The van der Waals surface area contributed by atoms with Gasteiger partial charge < -0.3 is 16.4 Å². The van der Waals surface area contributed by atoms with Crippen LogP contribution in [0.25, 0.3) is 0 Å². The van der Waals surface area contributed by atoms with Crippen molar-refractivity contribution in [3.8, 4) is 0 Å². The highest BCUT2D eigenvalue weighted by atomic mass is 32.1. The Labute approximate surface area is 113 Å². The number of amides is 1. The maximum absolute atomic E-state index is 11.5. The van der Waals surface area contributed by atoms with Gasteiger partial charge in [-0.15, -0.1) is 0 Å². The average molecular weight is 265 g/mol. The van der Waals surface area contributed by atoms with Crippen LogP contribution in [0.5, 0.6) is 0 Å². The summed E-state index contributed by atoms with van der Waals surface area (Å²) in [5.74, 6) is 0.238. The van der Waals surface area contributed by atoms with Crippen molar-refractivity contribution in [3.63, 3.8) is 0 Å². The van der Waals surface area contributed by atoms with E-state index < -0.39 is 0 Å². The number of nitrogens with two attached hydrogens (primary N) is 1. The molecule has 0 spiro atoms. The van der Waals surface area contributed by atoms with Gasteiger partial charge in [-0.1, -0.05) is 13.8 Å². The van der Waals surface area contributed by atoms with Gasteiger partial charge in [0.25, 0.3) is 0 Å². The second-order valence-electron chi connectivity index (χ2n) is 4.67. The van der Waals surface area contributed by atoms with E-state index >= 15 is 0 Å². The van der Waals surface area contributed by atoms with Crippen LogP contribution < -0.4 is 16.4 Å².